The Balaban J connectivity index is 2.35. The molecule has 1 heterocycles. The maximum atomic E-state index is 12.6. The molecule has 0 N–H and O–H groups in total. The topological polar surface area (TPSA) is 3.24 Å². The van der Waals surface area contributed by atoms with Crippen molar-refractivity contribution in [3.63, 3.8) is 0 Å². The summed E-state index contributed by atoms with van der Waals surface area (Å²) in [4.78, 5) is 2.01. The van der Waals surface area contributed by atoms with E-state index in [1.165, 1.54) is 12.1 Å². The van der Waals surface area contributed by atoms with E-state index in [1.807, 2.05) is 27.5 Å². The molecule has 0 saturated carbocycles. The summed E-state index contributed by atoms with van der Waals surface area (Å²) in [5.41, 5.74) is 0.137. The molecule has 0 bridgehead atoms. The normalized spacial score (nSPS) is 16.9. The average Bonchev–Trinajstić information content (AvgIpc) is 2.68. The highest BCUT2D eigenvalue weighted by atomic mass is 127. The van der Waals surface area contributed by atoms with E-state index >= 15 is 0 Å². The van der Waals surface area contributed by atoms with Crippen LogP contribution in [0.15, 0.2) is 18.2 Å². The van der Waals surface area contributed by atoms with Crippen molar-refractivity contribution in [1.29, 1.82) is 0 Å². The zero-order valence-corrected chi connectivity index (χ0v) is 10.7. The highest BCUT2D eigenvalue weighted by Gasteiger charge is 2.31. The van der Waals surface area contributed by atoms with Gasteiger partial charge in [0.15, 0.2) is 0 Å². The van der Waals surface area contributed by atoms with Crippen LogP contribution in [0.2, 0.25) is 0 Å². The van der Waals surface area contributed by atoms with Gasteiger partial charge in [-0.1, -0.05) is 0 Å². The molecule has 1 aromatic carbocycles. The SMILES string of the molecule is FC(F)(F)c1cc(I)cc(N2CCCC2)c1. The summed E-state index contributed by atoms with van der Waals surface area (Å²) in [6.45, 7) is 1.72. The van der Waals surface area contributed by atoms with Crippen LogP contribution in [0, 0.1) is 3.57 Å². The second-order valence-corrected chi connectivity index (χ2v) is 5.14. The lowest BCUT2D eigenvalue weighted by atomic mass is 10.2. The Hall–Kier alpha value is -0.460. The number of nitrogens with zero attached hydrogens (tertiary/aromatic N) is 1. The van der Waals surface area contributed by atoms with Crippen molar-refractivity contribution in [2.24, 2.45) is 0 Å². The third-order valence-corrected chi connectivity index (χ3v) is 3.30. The molecule has 0 atom stereocenters. The molecule has 2 rings (SSSR count). The number of halogens is 4. The van der Waals surface area contributed by atoms with Crippen LogP contribution < -0.4 is 4.90 Å². The molecule has 1 aliphatic heterocycles. The van der Waals surface area contributed by atoms with Crippen molar-refractivity contribution >= 4 is 28.3 Å². The zero-order valence-electron chi connectivity index (χ0n) is 8.52. The Morgan fingerprint density at radius 3 is 2.25 bits per heavy atom. The smallest absolute Gasteiger partial charge is 0.371 e. The van der Waals surface area contributed by atoms with Gasteiger partial charge >= 0.3 is 6.18 Å². The maximum Gasteiger partial charge on any atom is 0.416 e. The molecule has 0 aromatic heterocycles. The number of rotatable bonds is 1. The molecular weight excluding hydrogens is 330 g/mol. The number of anilines is 1. The highest BCUT2D eigenvalue weighted by molar-refractivity contribution is 14.1. The van der Waals surface area contributed by atoms with Crippen LogP contribution in [0.1, 0.15) is 18.4 Å². The minimum atomic E-state index is -4.25. The summed E-state index contributed by atoms with van der Waals surface area (Å²) in [6, 6.07) is 4.23. The van der Waals surface area contributed by atoms with Crippen molar-refractivity contribution < 1.29 is 13.2 Å². The molecule has 88 valence electrons. The van der Waals surface area contributed by atoms with E-state index in [9.17, 15) is 13.2 Å². The van der Waals surface area contributed by atoms with E-state index in [0.29, 0.717) is 9.26 Å². The van der Waals surface area contributed by atoms with Gasteiger partial charge < -0.3 is 4.90 Å². The molecule has 16 heavy (non-hydrogen) atoms. The van der Waals surface area contributed by atoms with Gasteiger partial charge in [0.25, 0.3) is 0 Å². The molecule has 0 unspecified atom stereocenters. The molecule has 0 radical (unpaired) electrons. The van der Waals surface area contributed by atoms with Gasteiger partial charge in [-0.05, 0) is 53.6 Å². The Kier molecular flexibility index (Phi) is 3.32. The molecule has 1 saturated heterocycles. The van der Waals surface area contributed by atoms with Crippen LogP contribution >= 0.6 is 22.6 Å². The Morgan fingerprint density at radius 2 is 1.69 bits per heavy atom. The fourth-order valence-corrected chi connectivity index (χ4v) is 2.55. The first-order chi connectivity index (χ1) is 7.47. The Morgan fingerprint density at radius 1 is 1.06 bits per heavy atom. The molecule has 1 fully saturated rings. The standard InChI is InChI=1S/C11H11F3IN/c12-11(13,14)8-5-9(15)7-10(6-8)16-3-1-2-4-16/h5-7H,1-4H2. The summed E-state index contributed by atoms with van der Waals surface area (Å²) >= 11 is 1.93. The Bertz CT molecular complexity index is 383. The number of hydrogen-bond acceptors (Lipinski definition) is 1. The van der Waals surface area contributed by atoms with E-state index in [1.54, 1.807) is 6.07 Å². The van der Waals surface area contributed by atoms with Crippen molar-refractivity contribution in [2.45, 2.75) is 19.0 Å². The monoisotopic (exact) mass is 341 g/mol. The third kappa shape index (κ3) is 2.61. The molecule has 5 heteroatoms. The minimum absolute atomic E-state index is 0.554. The van der Waals surface area contributed by atoms with E-state index in [0.717, 1.165) is 25.9 Å². The van der Waals surface area contributed by atoms with Gasteiger partial charge in [-0.25, -0.2) is 0 Å². The maximum absolute atomic E-state index is 12.6. The Labute approximate surface area is 106 Å². The van der Waals surface area contributed by atoms with Crippen molar-refractivity contribution in [1.82, 2.24) is 0 Å². The van der Waals surface area contributed by atoms with Gasteiger partial charge in [0, 0.05) is 22.3 Å². The van der Waals surface area contributed by atoms with Gasteiger partial charge in [0.05, 0.1) is 5.56 Å². The molecule has 0 spiro atoms. The van der Waals surface area contributed by atoms with Crippen LogP contribution in [-0.2, 0) is 6.18 Å². The first kappa shape index (κ1) is 12.0. The predicted octanol–water partition coefficient (Wildman–Crippen LogP) is 3.91. The average molecular weight is 341 g/mol. The van der Waals surface area contributed by atoms with Gasteiger partial charge in [0.1, 0.15) is 0 Å². The van der Waals surface area contributed by atoms with E-state index in [4.69, 9.17) is 0 Å². The number of benzene rings is 1. The first-order valence-electron chi connectivity index (χ1n) is 5.09. The largest absolute Gasteiger partial charge is 0.416 e. The van der Waals surface area contributed by atoms with Crippen LogP contribution in [-0.4, -0.2) is 13.1 Å². The van der Waals surface area contributed by atoms with Gasteiger partial charge in [0.2, 0.25) is 0 Å². The summed E-state index contributed by atoms with van der Waals surface area (Å²) in [5.74, 6) is 0. The third-order valence-electron chi connectivity index (χ3n) is 2.68. The lowest BCUT2D eigenvalue weighted by molar-refractivity contribution is -0.137. The first-order valence-corrected chi connectivity index (χ1v) is 6.17. The fraction of sp³-hybridized carbons (Fsp3) is 0.455. The molecular formula is C11H11F3IN. The summed E-state index contributed by atoms with van der Waals surface area (Å²) in [6.07, 6.45) is -2.13. The lowest BCUT2D eigenvalue weighted by Gasteiger charge is -2.19. The summed E-state index contributed by atoms with van der Waals surface area (Å²) < 4.78 is 38.5. The van der Waals surface area contributed by atoms with Crippen LogP contribution in [0.4, 0.5) is 18.9 Å². The van der Waals surface area contributed by atoms with Crippen molar-refractivity contribution in [3.8, 4) is 0 Å². The van der Waals surface area contributed by atoms with Gasteiger partial charge in [-0.2, -0.15) is 13.2 Å². The van der Waals surface area contributed by atoms with E-state index in [-0.39, 0.29) is 0 Å². The van der Waals surface area contributed by atoms with Crippen LogP contribution in [0.5, 0.6) is 0 Å². The molecule has 0 amide bonds. The summed E-state index contributed by atoms with van der Waals surface area (Å²) in [5, 5.41) is 0. The molecule has 0 aliphatic carbocycles. The van der Waals surface area contributed by atoms with Gasteiger partial charge in [-0.3, -0.25) is 0 Å². The molecule has 1 aliphatic rings. The lowest BCUT2D eigenvalue weighted by Crippen LogP contribution is -2.18. The van der Waals surface area contributed by atoms with E-state index in [2.05, 4.69) is 0 Å². The zero-order chi connectivity index (χ0) is 11.8. The van der Waals surface area contributed by atoms with Crippen LogP contribution in [0.3, 0.4) is 0 Å². The highest BCUT2D eigenvalue weighted by Crippen LogP contribution is 2.34. The molecule has 1 aromatic rings. The quantitative estimate of drug-likeness (QED) is 0.700. The second-order valence-electron chi connectivity index (χ2n) is 3.89. The van der Waals surface area contributed by atoms with Crippen molar-refractivity contribution in [2.75, 3.05) is 18.0 Å². The second kappa shape index (κ2) is 4.43. The number of alkyl halides is 3. The minimum Gasteiger partial charge on any atom is -0.371 e. The fourth-order valence-electron chi connectivity index (χ4n) is 1.90. The van der Waals surface area contributed by atoms with E-state index < -0.39 is 11.7 Å². The summed E-state index contributed by atoms with van der Waals surface area (Å²) in [7, 11) is 0. The number of hydrogen-bond donors (Lipinski definition) is 0. The van der Waals surface area contributed by atoms with Crippen LogP contribution in [0.25, 0.3) is 0 Å². The van der Waals surface area contributed by atoms with Crippen molar-refractivity contribution in [3.05, 3.63) is 27.3 Å². The predicted molar refractivity (Wildman–Crippen MR) is 65.6 cm³/mol. The van der Waals surface area contributed by atoms with Gasteiger partial charge in [-0.15, -0.1) is 0 Å². The molecule has 1 nitrogen and oxygen atoms in total.